The van der Waals surface area contributed by atoms with E-state index in [1.165, 1.54) is 16.3 Å². The second kappa shape index (κ2) is 3.73. The topological polar surface area (TPSA) is 54.7 Å². The Kier molecular flexibility index (Phi) is 2.30. The van der Waals surface area contributed by atoms with E-state index in [0.717, 1.165) is 16.7 Å². The number of rotatable bonds is 1. The summed E-state index contributed by atoms with van der Waals surface area (Å²) < 4.78 is 0. The van der Waals surface area contributed by atoms with E-state index in [4.69, 9.17) is 5.73 Å². The zero-order valence-electron chi connectivity index (χ0n) is 10.9. The van der Waals surface area contributed by atoms with Crippen molar-refractivity contribution in [2.24, 2.45) is 0 Å². The van der Waals surface area contributed by atoms with Gasteiger partial charge in [0.1, 0.15) is 5.82 Å². The van der Waals surface area contributed by atoms with Crippen LogP contribution in [-0.4, -0.2) is 9.97 Å². The lowest BCUT2D eigenvalue weighted by atomic mass is 10.1. The molecule has 0 saturated carbocycles. The van der Waals surface area contributed by atoms with Crippen LogP contribution in [-0.2, 0) is 0 Å². The van der Waals surface area contributed by atoms with Gasteiger partial charge in [0.15, 0.2) is 0 Å². The van der Waals surface area contributed by atoms with E-state index in [1.54, 1.807) is 0 Å². The number of H-pyrrole nitrogens is 1. The molecule has 3 heteroatoms. The van der Waals surface area contributed by atoms with Gasteiger partial charge >= 0.3 is 0 Å². The Morgan fingerprint density at radius 1 is 1.17 bits per heavy atom. The van der Waals surface area contributed by atoms with Crippen molar-refractivity contribution in [3.05, 3.63) is 35.5 Å². The fourth-order valence-corrected chi connectivity index (χ4v) is 2.48. The second-order valence-electron chi connectivity index (χ2n) is 5.18. The fourth-order valence-electron chi connectivity index (χ4n) is 2.48. The smallest absolute Gasteiger partial charge is 0.124 e. The first kappa shape index (κ1) is 11.1. The quantitative estimate of drug-likeness (QED) is 0.679. The van der Waals surface area contributed by atoms with Crippen LogP contribution in [0.2, 0.25) is 0 Å². The lowest BCUT2D eigenvalue weighted by Crippen LogP contribution is -1.98. The van der Waals surface area contributed by atoms with E-state index >= 15 is 0 Å². The van der Waals surface area contributed by atoms with Crippen LogP contribution in [0.5, 0.6) is 0 Å². The normalized spacial score (nSPS) is 11.8. The molecule has 0 spiro atoms. The van der Waals surface area contributed by atoms with Crippen molar-refractivity contribution in [3.63, 3.8) is 0 Å². The molecule has 1 aromatic carbocycles. The van der Waals surface area contributed by atoms with Crippen LogP contribution in [0.15, 0.2) is 24.3 Å². The van der Waals surface area contributed by atoms with Crippen molar-refractivity contribution >= 4 is 27.6 Å². The molecule has 0 unspecified atom stereocenters. The number of aromatic amines is 1. The highest BCUT2D eigenvalue weighted by molar-refractivity contribution is 6.08. The molecule has 2 heterocycles. The van der Waals surface area contributed by atoms with Crippen molar-refractivity contribution in [2.75, 3.05) is 5.73 Å². The Morgan fingerprint density at radius 2 is 1.94 bits per heavy atom. The summed E-state index contributed by atoms with van der Waals surface area (Å²) in [7, 11) is 0. The highest BCUT2D eigenvalue weighted by Crippen LogP contribution is 2.31. The number of aromatic nitrogens is 2. The number of nitrogens with zero attached hydrogens (tertiary/aromatic N) is 1. The molecular formula is C15H17N3. The molecule has 0 aliphatic heterocycles. The van der Waals surface area contributed by atoms with Gasteiger partial charge in [-0.05, 0) is 30.5 Å². The number of hydrogen-bond donors (Lipinski definition) is 2. The van der Waals surface area contributed by atoms with Crippen molar-refractivity contribution in [1.82, 2.24) is 9.97 Å². The number of pyridine rings is 1. The van der Waals surface area contributed by atoms with Crippen LogP contribution < -0.4 is 5.73 Å². The zero-order chi connectivity index (χ0) is 12.9. The first-order valence-electron chi connectivity index (χ1n) is 6.24. The molecule has 3 N–H and O–H groups in total. The summed E-state index contributed by atoms with van der Waals surface area (Å²) in [6, 6.07) is 8.39. The fraction of sp³-hybridized carbons (Fsp3) is 0.267. The molecule has 0 amide bonds. The van der Waals surface area contributed by atoms with Crippen LogP contribution in [0, 0.1) is 6.92 Å². The summed E-state index contributed by atoms with van der Waals surface area (Å²) >= 11 is 0. The summed E-state index contributed by atoms with van der Waals surface area (Å²) in [4.78, 5) is 7.94. The summed E-state index contributed by atoms with van der Waals surface area (Å²) in [6.45, 7) is 6.37. The predicted octanol–water partition coefficient (Wildman–Crippen LogP) is 3.73. The number of nitrogens with two attached hydrogens (primary N) is 1. The molecule has 2 aromatic heterocycles. The SMILES string of the molecule is Cc1ccc2c(c1)[nH]c1c(C(C)C)nc(N)cc12. The number of benzene rings is 1. The molecule has 0 aliphatic carbocycles. The van der Waals surface area contributed by atoms with Gasteiger partial charge in [-0.1, -0.05) is 26.0 Å². The van der Waals surface area contributed by atoms with Crippen molar-refractivity contribution in [2.45, 2.75) is 26.7 Å². The van der Waals surface area contributed by atoms with Crippen molar-refractivity contribution < 1.29 is 0 Å². The van der Waals surface area contributed by atoms with Gasteiger partial charge in [0, 0.05) is 16.3 Å². The maximum Gasteiger partial charge on any atom is 0.124 e. The Hall–Kier alpha value is -2.03. The van der Waals surface area contributed by atoms with Gasteiger partial charge in [0.2, 0.25) is 0 Å². The molecule has 0 saturated heterocycles. The lowest BCUT2D eigenvalue weighted by Gasteiger charge is -2.07. The molecular weight excluding hydrogens is 222 g/mol. The van der Waals surface area contributed by atoms with Gasteiger partial charge in [-0.15, -0.1) is 0 Å². The van der Waals surface area contributed by atoms with E-state index in [1.807, 2.05) is 6.07 Å². The molecule has 18 heavy (non-hydrogen) atoms. The lowest BCUT2D eigenvalue weighted by molar-refractivity contribution is 0.834. The highest BCUT2D eigenvalue weighted by Gasteiger charge is 2.13. The minimum Gasteiger partial charge on any atom is -0.384 e. The van der Waals surface area contributed by atoms with E-state index < -0.39 is 0 Å². The standard InChI is InChI=1S/C15H17N3/c1-8(2)14-15-11(7-13(16)18-14)10-5-4-9(3)6-12(10)17-15/h4-8,17H,1-3H3,(H2,16,18). The number of hydrogen-bond acceptors (Lipinski definition) is 2. The number of nitrogen functional groups attached to an aromatic ring is 1. The molecule has 3 nitrogen and oxygen atoms in total. The molecule has 0 fully saturated rings. The average Bonchev–Trinajstić information content (AvgIpc) is 2.65. The Labute approximate surface area is 106 Å². The predicted molar refractivity (Wildman–Crippen MR) is 76.8 cm³/mol. The number of aryl methyl sites for hydroxylation is 1. The minimum atomic E-state index is 0.352. The monoisotopic (exact) mass is 239 g/mol. The van der Waals surface area contributed by atoms with Gasteiger partial charge in [0.25, 0.3) is 0 Å². The van der Waals surface area contributed by atoms with Crippen molar-refractivity contribution in [1.29, 1.82) is 0 Å². The van der Waals surface area contributed by atoms with Crippen LogP contribution in [0.3, 0.4) is 0 Å². The maximum absolute atomic E-state index is 5.92. The number of nitrogens with one attached hydrogen (secondary N) is 1. The summed E-state index contributed by atoms with van der Waals surface area (Å²) in [5.41, 5.74) is 10.5. The van der Waals surface area contributed by atoms with Crippen LogP contribution >= 0.6 is 0 Å². The third-order valence-electron chi connectivity index (χ3n) is 3.34. The van der Waals surface area contributed by atoms with Gasteiger partial charge in [-0.2, -0.15) is 0 Å². The average molecular weight is 239 g/mol. The van der Waals surface area contributed by atoms with E-state index in [2.05, 4.69) is 48.9 Å². The highest BCUT2D eigenvalue weighted by atomic mass is 14.9. The largest absolute Gasteiger partial charge is 0.384 e. The second-order valence-corrected chi connectivity index (χ2v) is 5.18. The Bertz CT molecular complexity index is 738. The van der Waals surface area contributed by atoms with Crippen molar-refractivity contribution in [3.8, 4) is 0 Å². The molecule has 0 atom stereocenters. The van der Waals surface area contributed by atoms with Gasteiger partial charge in [0.05, 0.1) is 11.2 Å². The van der Waals surface area contributed by atoms with Gasteiger partial charge in [-0.25, -0.2) is 4.98 Å². The third-order valence-corrected chi connectivity index (χ3v) is 3.34. The van der Waals surface area contributed by atoms with Crippen LogP contribution in [0.4, 0.5) is 5.82 Å². The number of anilines is 1. The summed E-state index contributed by atoms with van der Waals surface area (Å²) in [5, 5.41) is 2.38. The summed E-state index contributed by atoms with van der Waals surface area (Å²) in [6.07, 6.45) is 0. The zero-order valence-corrected chi connectivity index (χ0v) is 10.9. The first-order chi connectivity index (χ1) is 8.56. The van der Waals surface area contributed by atoms with E-state index in [9.17, 15) is 0 Å². The third kappa shape index (κ3) is 1.55. The molecule has 0 aliphatic rings. The molecule has 92 valence electrons. The molecule has 3 aromatic rings. The maximum atomic E-state index is 5.92. The molecule has 0 radical (unpaired) electrons. The molecule has 0 bridgehead atoms. The summed E-state index contributed by atoms with van der Waals surface area (Å²) in [5.74, 6) is 0.942. The van der Waals surface area contributed by atoms with Gasteiger partial charge in [-0.3, -0.25) is 0 Å². The Morgan fingerprint density at radius 3 is 2.67 bits per heavy atom. The minimum absolute atomic E-state index is 0.352. The van der Waals surface area contributed by atoms with E-state index in [0.29, 0.717) is 11.7 Å². The first-order valence-corrected chi connectivity index (χ1v) is 6.24. The van der Waals surface area contributed by atoms with Crippen LogP contribution in [0.25, 0.3) is 21.8 Å². The van der Waals surface area contributed by atoms with Gasteiger partial charge < -0.3 is 10.7 Å². The van der Waals surface area contributed by atoms with Crippen LogP contribution in [0.1, 0.15) is 31.0 Å². The Balaban J connectivity index is 2.49. The molecule has 3 rings (SSSR count). The van der Waals surface area contributed by atoms with E-state index in [-0.39, 0.29) is 0 Å². The number of fused-ring (bicyclic) bond motifs is 3.